The van der Waals surface area contributed by atoms with E-state index in [9.17, 15) is 4.79 Å². The predicted molar refractivity (Wildman–Crippen MR) is 81.5 cm³/mol. The summed E-state index contributed by atoms with van der Waals surface area (Å²) in [7, 11) is 0. The number of rotatable bonds is 3. The fourth-order valence-electron chi connectivity index (χ4n) is 2.84. The van der Waals surface area contributed by atoms with Crippen LogP contribution in [0.4, 0.5) is 11.5 Å². The molecule has 1 aromatic heterocycles. The summed E-state index contributed by atoms with van der Waals surface area (Å²) in [5.74, 6) is 0.913. The molecule has 114 valence electrons. The van der Waals surface area contributed by atoms with Crippen LogP contribution in [0, 0.1) is 0 Å². The molecule has 0 aromatic carbocycles. The summed E-state index contributed by atoms with van der Waals surface area (Å²) in [6, 6.07) is 3.57. The summed E-state index contributed by atoms with van der Waals surface area (Å²) < 4.78 is 5.49. The third-order valence-electron chi connectivity index (χ3n) is 4.04. The zero-order chi connectivity index (χ0) is 14.7. The van der Waals surface area contributed by atoms with Crippen molar-refractivity contribution in [2.75, 3.05) is 36.5 Å². The number of hydrogen-bond donors (Lipinski definition) is 2. The monoisotopic (exact) mass is 290 g/mol. The lowest BCUT2D eigenvalue weighted by atomic mass is 10.1. The number of carbonyl (C=O) groups is 1. The van der Waals surface area contributed by atoms with E-state index in [0.29, 0.717) is 13.2 Å². The van der Waals surface area contributed by atoms with Crippen molar-refractivity contribution in [2.45, 2.75) is 31.9 Å². The van der Waals surface area contributed by atoms with Gasteiger partial charge in [0.1, 0.15) is 11.9 Å². The standard InChI is InChI=1S/C15H22N4O2/c1-11-14(16-6-9-21-11)15(20)18-12-4-5-13(17-10-12)19-7-2-3-8-19/h4-5,10-11,14,16H,2-3,6-9H2,1H3,(H,18,20)/t11-,14+/m1/s1. The number of aromatic nitrogens is 1. The zero-order valence-electron chi connectivity index (χ0n) is 12.3. The highest BCUT2D eigenvalue weighted by molar-refractivity contribution is 5.95. The lowest BCUT2D eigenvalue weighted by Crippen LogP contribution is -2.53. The molecule has 6 heteroatoms. The molecule has 0 bridgehead atoms. The Labute approximate surface area is 124 Å². The Kier molecular flexibility index (Phi) is 4.36. The van der Waals surface area contributed by atoms with Crippen molar-refractivity contribution < 1.29 is 9.53 Å². The molecule has 0 saturated carbocycles. The summed E-state index contributed by atoms with van der Waals surface area (Å²) in [6.07, 6.45) is 4.06. The van der Waals surface area contributed by atoms with Crippen LogP contribution in [0.2, 0.25) is 0 Å². The van der Waals surface area contributed by atoms with Crippen LogP contribution in [0.25, 0.3) is 0 Å². The van der Waals surface area contributed by atoms with Gasteiger partial charge in [-0.25, -0.2) is 4.98 Å². The van der Waals surface area contributed by atoms with Gasteiger partial charge in [0.2, 0.25) is 5.91 Å². The number of nitrogens with zero attached hydrogens (tertiary/aromatic N) is 2. The number of anilines is 2. The number of pyridine rings is 1. The topological polar surface area (TPSA) is 66.5 Å². The molecule has 0 aliphatic carbocycles. The molecule has 3 heterocycles. The van der Waals surface area contributed by atoms with E-state index >= 15 is 0 Å². The summed E-state index contributed by atoms with van der Waals surface area (Å²) in [4.78, 5) is 18.9. The Hall–Kier alpha value is -1.66. The molecule has 21 heavy (non-hydrogen) atoms. The predicted octanol–water partition coefficient (Wildman–Crippen LogP) is 0.997. The highest BCUT2D eigenvalue weighted by Crippen LogP contribution is 2.19. The van der Waals surface area contributed by atoms with E-state index < -0.39 is 0 Å². The Morgan fingerprint density at radius 1 is 1.43 bits per heavy atom. The first-order chi connectivity index (χ1) is 10.2. The fourth-order valence-corrected chi connectivity index (χ4v) is 2.84. The second-order valence-corrected chi connectivity index (χ2v) is 5.60. The van der Waals surface area contributed by atoms with Gasteiger partial charge in [0.25, 0.3) is 0 Å². The van der Waals surface area contributed by atoms with E-state index in [1.165, 1.54) is 12.8 Å². The van der Waals surface area contributed by atoms with E-state index in [-0.39, 0.29) is 18.1 Å². The van der Waals surface area contributed by atoms with Crippen molar-refractivity contribution in [1.82, 2.24) is 10.3 Å². The van der Waals surface area contributed by atoms with Crippen LogP contribution >= 0.6 is 0 Å². The molecule has 3 rings (SSSR count). The maximum absolute atomic E-state index is 12.2. The van der Waals surface area contributed by atoms with Gasteiger partial charge in [0.15, 0.2) is 0 Å². The minimum atomic E-state index is -0.308. The van der Waals surface area contributed by atoms with Crippen molar-refractivity contribution in [3.05, 3.63) is 18.3 Å². The Balaban J connectivity index is 1.60. The van der Waals surface area contributed by atoms with Crippen LogP contribution in [0.1, 0.15) is 19.8 Å². The normalized spacial score (nSPS) is 25.9. The van der Waals surface area contributed by atoms with Gasteiger partial charge in [0, 0.05) is 19.6 Å². The van der Waals surface area contributed by atoms with E-state index in [2.05, 4.69) is 20.5 Å². The SMILES string of the molecule is C[C@H]1OCCN[C@@H]1C(=O)Nc1ccc(N2CCCC2)nc1. The number of carbonyl (C=O) groups excluding carboxylic acids is 1. The highest BCUT2D eigenvalue weighted by atomic mass is 16.5. The van der Waals surface area contributed by atoms with Gasteiger partial charge in [-0.2, -0.15) is 0 Å². The molecule has 2 saturated heterocycles. The Morgan fingerprint density at radius 2 is 2.24 bits per heavy atom. The summed E-state index contributed by atoms with van der Waals surface area (Å²) in [5, 5.41) is 6.08. The van der Waals surface area contributed by atoms with Crippen LogP contribution in [-0.4, -0.2) is 49.3 Å². The Morgan fingerprint density at radius 3 is 2.90 bits per heavy atom. The molecule has 6 nitrogen and oxygen atoms in total. The second-order valence-electron chi connectivity index (χ2n) is 5.60. The van der Waals surface area contributed by atoms with Crippen molar-refractivity contribution in [3.8, 4) is 0 Å². The van der Waals surface area contributed by atoms with Crippen LogP contribution in [0.3, 0.4) is 0 Å². The summed E-state index contributed by atoms with van der Waals surface area (Å²) >= 11 is 0. The molecular weight excluding hydrogens is 268 g/mol. The van der Waals surface area contributed by atoms with Gasteiger partial charge in [0.05, 0.1) is 24.6 Å². The van der Waals surface area contributed by atoms with Gasteiger partial charge < -0.3 is 20.3 Å². The van der Waals surface area contributed by atoms with Crippen molar-refractivity contribution in [3.63, 3.8) is 0 Å². The molecule has 2 N–H and O–H groups in total. The van der Waals surface area contributed by atoms with E-state index in [0.717, 1.165) is 24.6 Å². The summed E-state index contributed by atoms with van der Waals surface area (Å²) in [5.41, 5.74) is 0.725. The van der Waals surface area contributed by atoms with Crippen molar-refractivity contribution >= 4 is 17.4 Å². The maximum Gasteiger partial charge on any atom is 0.244 e. The van der Waals surface area contributed by atoms with Crippen LogP contribution in [0.15, 0.2) is 18.3 Å². The quantitative estimate of drug-likeness (QED) is 0.869. The smallest absolute Gasteiger partial charge is 0.244 e. The van der Waals surface area contributed by atoms with Crippen molar-refractivity contribution in [2.24, 2.45) is 0 Å². The third-order valence-corrected chi connectivity index (χ3v) is 4.04. The first kappa shape index (κ1) is 14.3. The van der Waals surface area contributed by atoms with E-state index in [4.69, 9.17) is 4.74 Å². The van der Waals surface area contributed by atoms with Crippen LogP contribution in [0.5, 0.6) is 0 Å². The largest absolute Gasteiger partial charge is 0.375 e. The highest BCUT2D eigenvalue weighted by Gasteiger charge is 2.28. The van der Waals surface area contributed by atoms with Gasteiger partial charge in [-0.15, -0.1) is 0 Å². The molecule has 1 aromatic rings. The first-order valence-corrected chi connectivity index (χ1v) is 7.61. The van der Waals surface area contributed by atoms with Crippen molar-refractivity contribution in [1.29, 1.82) is 0 Å². The lowest BCUT2D eigenvalue weighted by molar-refractivity contribution is -0.123. The van der Waals surface area contributed by atoms with Gasteiger partial charge in [-0.3, -0.25) is 4.79 Å². The molecule has 2 aliphatic rings. The van der Waals surface area contributed by atoms with Gasteiger partial charge >= 0.3 is 0 Å². The third kappa shape index (κ3) is 3.33. The fraction of sp³-hybridized carbons (Fsp3) is 0.600. The number of nitrogens with one attached hydrogen (secondary N) is 2. The second kappa shape index (κ2) is 6.41. The number of amides is 1. The average Bonchev–Trinajstić information content (AvgIpc) is 3.02. The minimum Gasteiger partial charge on any atom is -0.375 e. The number of ether oxygens (including phenoxy) is 1. The molecule has 0 unspecified atom stereocenters. The molecule has 0 radical (unpaired) electrons. The van der Waals surface area contributed by atoms with Crippen LogP contribution < -0.4 is 15.5 Å². The first-order valence-electron chi connectivity index (χ1n) is 7.61. The minimum absolute atomic E-state index is 0.0714. The maximum atomic E-state index is 12.2. The molecule has 2 atom stereocenters. The molecule has 1 amide bonds. The average molecular weight is 290 g/mol. The molecule has 2 fully saturated rings. The van der Waals surface area contributed by atoms with Crippen LogP contribution in [-0.2, 0) is 9.53 Å². The lowest BCUT2D eigenvalue weighted by Gasteiger charge is -2.29. The molecular formula is C15H22N4O2. The zero-order valence-corrected chi connectivity index (χ0v) is 12.3. The number of morpholine rings is 1. The van der Waals surface area contributed by atoms with E-state index in [1.54, 1.807) is 6.20 Å². The Bertz CT molecular complexity index is 485. The summed E-state index contributed by atoms with van der Waals surface area (Å²) in [6.45, 7) is 5.40. The van der Waals surface area contributed by atoms with Gasteiger partial charge in [-0.1, -0.05) is 0 Å². The number of hydrogen-bond acceptors (Lipinski definition) is 5. The van der Waals surface area contributed by atoms with E-state index in [1.807, 2.05) is 19.1 Å². The van der Waals surface area contributed by atoms with Gasteiger partial charge in [-0.05, 0) is 31.9 Å². The molecule has 0 spiro atoms. The molecule has 2 aliphatic heterocycles.